The fraction of sp³-hybridized carbons (Fsp3) is 0.381. The monoisotopic (exact) mass is 465 g/mol. The molecule has 2 aromatic rings. The summed E-state index contributed by atoms with van der Waals surface area (Å²) in [5, 5.41) is 0. The van der Waals surface area contributed by atoms with E-state index in [0.717, 1.165) is 24.7 Å². The summed E-state index contributed by atoms with van der Waals surface area (Å²) in [5.41, 5.74) is 1.66. The first kappa shape index (κ1) is 23.2. The summed E-state index contributed by atoms with van der Waals surface area (Å²) < 4.78 is 53.3. The molecule has 1 aliphatic heterocycles. The number of carbonyl (C=O) groups is 1. The molecule has 0 aromatic heterocycles. The number of anilines is 1. The van der Waals surface area contributed by atoms with Crippen LogP contribution in [0.1, 0.15) is 35.2 Å². The molecule has 3 rings (SSSR count). The second-order valence-corrected chi connectivity index (χ2v) is 11.2. The highest BCUT2D eigenvalue weighted by atomic mass is 32.2. The van der Waals surface area contributed by atoms with E-state index in [9.17, 15) is 21.6 Å². The van der Waals surface area contributed by atoms with E-state index in [2.05, 4.69) is 9.44 Å². The predicted molar refractivity (Wildman–Crippen MR) is 120 cm³/mol. The lowest BCUT2D eigenvalue weighted by atomic mass is 10.0. The van der Waals surface area contributed by atoms with Gasteiger partial charge >= 0.3 is 0 Å². The fourth-order valence-corrected chi connectivity index (χ4v) is 5.19. The minimum absolute atomic E-state index is 0.0567. The van der Waals surface area contributed by atoms with E-state index in [4.69, 9.17) is 0 Å². The molecule has 168 valence electrons. The van der Waals surface area contributed by atoms with Gasteiger partial charge in [0.15, 0.2) is 0 Å². The summed E-state index contributed by atoms with van der Waals surface area (Å²) in [4.78, 5) is 14.7. The first-order chi connectivity index (χ1) is 14.6. The Morgan fingerprint density at radius 2 is 1.71 bits per heavy atom. The molecule has 8 nitrogen and oxygen atoms in total. The van der Waals surface area contributed by atoms with Crippen LogP contribution in [0.4, 0.5) is 5.69 Å². The Morgan fingerprint density at radius 1 is 1.03 bits per heavy atom. The lowest BCUT2D eigenvalue weighted by molar-refractivity contribution is 0.0618. The van der Waals surface area contributed by atoms with E-state index in [1.807, 2.05) is 19.1 Å². The van der Waals surface area contributed by atoms with Crippen molar-refractivity contribution in [2.24, 2.45) is 0 Å². The van der Waals surface area contributed by atoms with Crippen molar-refractivity contribution in [3.8, 4) is 0 Å². The largest absolute Gasteiger partial charge is 0.334 e. The molecule has 1 saturated heterocycles. The Balaban J connectivity index is 1.75. The summed E-state index contributed by atoms with van der Waals surface area (Å²) >= 11 is 0. The smallest absolute Gasteiger partial charge is 0.261 e. The highest BCUT2D eigenvalue weighted by molar-refractivity contribution is 7.92. The van der Waals surface area contributed by atoms with Crippen LogP contribution in [0.25, 0.3) is 0 Å². The van der Waals surface area contributed by atoms with Crippen molar-refractivity contribution in [2.75, 3.05) is 24.1 Å². The SMILES string of the molecule is Cc1ccccc1NS(=O)(=O)c1ccc(C(=O)N2CCCCC2CNS(C)(=O)=O)cc1. The Kier molecular flexibility index (Phi) is 7.03. The number of hydrogen-bond donors (Lipinski definition) is 2. The van der Waals surface area contributed by atoms with Gasteiger partial charge in [-0.3, -0.25) is 9.52 Å². The molecule has 0 saturated carbocycles. The number of nitrogens with zero attached hydrogens (tertiary/aromatic N) is 1. The summed E-state index contributed by atoms with van der Waals surface area (Å²) in [6, 6.07) is 12.6. The van der Waals surface area contributed by atoms with Gasteiger partial charge in [-0.15, -0.1) is 0 Å². The third-order valence-electron chi connectivity index (χ3n) is 5.27. The van der Waals surface area contributed by atoms with E-state index in [-0.39, 0.29) is 23.4 Å². The molecule has 1 heterocycles. The molecule has 1 unspecified atom stereocenters. The number of aryl methyl sites for hydroxylation is 1. The molecule has 0 bridgehead atoms. The van der Waals surface area contributed by atoms with Gasteiger partial charge in [-0.05, 0) is 62.1 Å². The summed E-state index contributed by atoms with van der Waals surface area (Å²) in [7, 11) is -7.14. The van der Waals surface area contributed by atoms with Crippen LogP contribution in [0.5, 0.6) is 0 Å². The average Bonchev–Trinajstić information content (AvgIpc) is 2.73. The lowest BCUT2D eigenvalue weighted by Gasteiger charge is -2.35. The van der Waals surface area contributed by atoms with Crippen molar-refractivity contribution in [2.45, 2.75) is 37.1 Å². The molecular weight excluding hydrogens is 438 g/mol. The second-order valence-electron chi connectivity index (χ2n) is 7.71. The molecule has 10 heteroatoms. The molecule has 0 radical (unpaired) electrons. The van der Waals surface area contributed by atoms with Gasteiger partial charge in [0.2, 0.25) is 10.0 Å². The van der Waals surface area contributed by atoms with Crippen LogP contribution in [0.15, 0.2) is 53.4 Å². The second kappa shape index (κ2) is 9.37. The molecule has 31 heavy (non-hydrogen) atoms. The van der Waals surface area contributed by atoms with Gasteiger partial charge in [-0.25, -0.2) is 21.6 Å². The van der Waals surface area contributed by atoms with Crippen LogP contribution in [-0.2, 0) is 20.0 Å². The van der Waals surface area contributed by atoms with Gasteiger partial charge in [-0.1, -0.05) is 18.2 Å². The molecule has 1 amide bonds. The number of nitrogens with one attached hydrogen (secondary N) is 2. The number of para-hydroxylation sites is 1. The number of likely N-dealkylation sites (tertiary alicyclic amines) is 1. The van der Waals surface area contributed by atoms with E-state index >= 15 is 0 Å². The molecule has 1 aliphatic rings. The quantitative estimate of drug-likeness (QED) is 0.652. The number of amides is 1. The Hall–Kier alpha value is -2.43. The Labute approximate surface area is 183 Å². The van der Waals surface area contributed by atoms with Crippen LogP contribution in [0.3, 0.4) is 0 Å². The van der Waals surface area contributed by atoms with Gasteiger partial charge in [0.25, 0.3) is 15.9 Å². The van der Waals surface area contributed by atoms with Crippen molar-refractivity contribution in [3.63, 3.8) is 0 Å². The number of piperidine rings is 1. The van der Waals surface area contributed by atoms with Gasteiger partial charge in [0.1, 0.15) is 0 Å². The molecule has 1 fully saturated rings. The maximum Gasteiger partial charge on any atom is 0.261 e. The van der Waals surface area contributed by atoms with Crippen LogP contribution < -0.4 is 9.44 Å². The molecule has 2 aromatic carbocycles. The van der Waals surface area contributed by atoms with Crippen molar-refractivity contribution < 1.29 is 21.6 Å². The number of benzene rings is 2. The standard InChI is InChI=1S/C21H27N3O5S2/c1-16-7-3-4-9-20(16)23-31(28,29)19-12-10-17(11-13-19)21(25)24-14-6-5-8-18(24)15-22-30(2,26)27/h3-4,7,9-13,18,22-23H,5-6,8,14-15H2,1-2H3. The first-order valence-corrected chi connectivity index (χ1v) is 13.4. The molecule has 2 N–H and O–H groups in total. The van der Waals surface area contributed by atoms with Crippen molar-refractivity contribution in [1.82, 2.24) is 9.62 Å². The first-order valence-electron chi connectivity index (χ1n) is 10.0. The summed E-state index contributed by atoms with van der Waals surface area (Å²) in [6.45, 7) is 2.51. The number of sulfonamides is 2. The van der Waals surface area contributed by atoms with E-state index in [1.54, 1.807) is 17.0 Å². The van der Waals surface area contributed by atoms with E-state index < -0.39 is 20.0 Å². The summed E-state index contributed by atoms with van der Waals surface area (Å²) in [6.07, 6.45) is 3.56. The number of rotatable bonds is 7. The topological polar surface area (TPSA) is 113 Å². The third kappa shape index (κ3) is 6.05. The number of carbonyl (C=O) groups excluding carboxylic acids is 1. The highest BCUT2D eigenvalue weighted by Crippen LogP contribution is 2.22. The van der Waals surface area contributed by atoms with Gasteiger partial charge in [-0.2, -0.15) is 0 Å². The zero-order chi connectivity index (χ0) is 22.6. The third-order valence-corrected chi connectivity index (χ3v) is 7.34. The maximum atomic E-state index is 13.0. The minimum atomic E-state index is -3.79. The zero-order valence-corrected chi connectivity index (χ0v) is 19.2. The van der Waals surface area contributed by atoms with Gasteiger partial charge in [0, 0.05) is 24.7 Å². The van der Waals surface area contributed by atoms with Crippen LogP contribution in [-0.4, -0.2) is 53.0 Å². The highest BCUT2D eigenvalue weighted by Gasteiger charge is 2.28. The molecular formula is C21H27N3O5S2. The van der Waals surface area contributed by atoms with Crippen molar-refractivity contribution in [3.05, 3.63) is 59.7 Å². The van der Waals surface area contributed by atoms with Crippen LogP contribution in [0, 0.1) is 6.92 Å². The average molecular weight is 466 g/mol. The summed E-state index contributed by atoms with van der Waals surface area (Å²) in [5.74, 6) is -0.240. The number of hydrogen-bond acceptors (Lipinski definition) is 5. The molecule has 1 atom stereocenters. The Bertz CT molecular complexity index is 1150. The van der Waals surface area contributed by atoms with Gasteiger partial charge in [0.05, 0.1) is 16.8 Å². The van der Waals surface area contributed by atoms with E-state index in [1.165, 1.54) is 24.3 Å². The van der Waals surface area contributed by atoms with Crippen LogP contribution >= 0.6 is 0 Å². The normalized spacial score (nSPS) is 17.4. The maximum absolute atomic E-state index is 13.0. The predicted octanol–water partition coefficient (Wildman–Crippen LogP) is 2.34. The Morgan fingerprint density at radius 3 is 2.35 bits per heavy atom. The fourth-order valence-electron chi connectivity index (χ4n) is 3.56. The zero-order valence-electron chi connectivity index (χ0n) is 17.5. The van der Waals surface area contributed by atoms with Crippen LogP contribution in [0.2, 0.25) is 0 Å². The van der Waals surface area contributed by atoms with Crippen molar-refractivity contribution >= 4 is 31.6 Å². The van der Waals surface area contributed by atoms with Crippen molar-refractivity contribution in [1.29, 1.82) is 0 Å². The van der Waals surface area contributed by atoms with E-state index in [0.29, 0.717) is 24.2 Å². The minimum Gasteiger partial charge on any atom is -0.334 e. The molecule has 0 spiro atoms. The lowest BCUT2D eigenvalue weighted by Crippen LogP contribution is -2.49. The van der Waals surface area contributed by atoms with Gasteiger partial charge < -0.3 is 4.90 Å². The molecule has 0 aliphatic carbocycles.